The minimum Gasteiger partial charge on any atom is -0.315 e. The van der Waals surface area contributed by atoms with Gasteiger partial charge in [-0.3, -0.25) is 4.90 Å². The lowest BCUT2D eigenvalue weighted by Gasteiger charge is -2.12. The number of hydrogen-bond acceptors (Lipinski definition) is 4. The molecule has 0 atom stereocenters. The second-order valence-corrected chi connectivity index (χ2v) is 4.31. The fourth-order valence-corrected chi connectivity index (χ4v) is 1.86. The molecule has 108 valence electrons. The maximum absolute atomic E-state index is 13.2. The van der Waals surface area contributed by atoms with Crippen LogP contribution in [0.3, 0.4) is 0 Å². The molecule has 0 bridgehead atoms. The average Bonchev–Trinajstić information content (AvgIpc) is 2.97. The fraction of sp³-hybridized carbons (Fsp3) is 0.0667. The SMILES string of the molecule is CN(c1ccccc1)c1nc(-c2cccc(F)c2)no1.Cl. The molecule has 0 spiro atoms. The van der Waals surface area contributed by atoms with E-state index >= 15 is 0 Å². The molecule has 0 aliphatic carbocycles. The first-order chi connectivity index (χ1) is 9.74. The summed E-state index contributed by atoms with van der Waals surface area (Å²) in [6.07, 6.45) is 0. The van der Waals surface area contributed by atoms with Crippen LogP contribution in [0.2, 0.25) is 0 Å². The quantitative estimate of drug-likeness (QED) is 0.731. The van der Waals surface area contributed by atoms with E-state index in [0.717, 1.165) is 5.69 Å². The lowest BCUT2D eigenvalue weighted by atomic mass is 10.2. The van der Waals surface area contributed by atoms with Crippen LogP contribution in [0.1, 0.15) is 0 Å². The van der Waals surface area contributed by atoms with Gasteiger partial charge in [-0.25, -0.2) is 4.39 Å². The molecule has 0 aliphatic heterocycles. The number of nitrogens with zero attached hydrogens (tertiary/aromatic N) is 3. The Morgan fingerprint density at radius 1 is 1.05 bits per heavy atom. The van der Waals surface area contributed by atoms with Gasteiger partial charge in [-0.1, -0.05) is 35.5 Å². The predicted molar refractivity (Wildman–Crippen MR) is 81.4 cm³/mol. The number of aromatic nitrogens is 2. The topological polar surface area (TPSA) is 42.2 Å². The van der Waals surface area contributed by atoms with E-state index in [-0.39, 0.29) is 18.2 Å². The summed E-state index contributed by atoms with van der Waals surface area (Å²) in [6.45, 7) is 0. The molecule has 0 saturated carbocycles. The van der Waals surface area contributed by atoms with Gasteiger partial charge < -0.3 is 4.52 Å². The highest BCUT2D eigenvalue weighted by atomic mass is 35.5. The van der Waals surface area contributed by atoms with Crippen molar-refractivity contribution in [3.63, 3.8) is 0 Å². The largest absolute Gasteiger partial charge is 0.328 e. The van der Waals surface area contributed by atoms with E-state index in [1.165, 1.54) is 12.1 Å². The van der Waals surface area contributed by atoms with Gasteiger partial charge in [0.25, 0.3) is 0 Å². The lowest BCUT2D eigenvalue weighted by molar-refractivity contribution is 0.426. The summed E-state index contributed by atoms with van der Waals surface area (Å²) in [6, 6.07) is 16.1. The van der Waals surface area contributed by atoms with E-state index in [0.29, 0.717) is 17.4 Å². The number of rotatable bonds is 3. The van der Waals surface area contributed by atoms with Crippen LogP contribution in [0.4, 0.5) is 16.1 Å². The van der Waals surface area contributed by atoms with Crippen molar-refractivity contribution < 1.29 is 8.91 Å². The molecule has 21 heavy (non-hydrogen) atoms. The third kappa shape index (κ3) is 3.20. The van der Waals surface area contributed by atoms with Crippen molar-refractivity contribution in [1.29, 1.82) is 0 Å². The molecular weight excluding hydrogens is 293 g/mol. The molecule has 4 nitrogen and oxygen atoms in total. The smallest absolute Gasteiger partial charge is 0.315 e. The van der Waals surface area contributed by atoms with Gasteiger partial charge in [0.1, 0.15) is 5.82 Å². The predicted octanol–water partition coefficient (Wildman–Crippen LogP) is 4.07. The van der Waals surface area contributed by atoms with Gasteiger partial charge in [-0.05, 0) is 24.3 Å². The van der Waals surface area contributed by atoms with Crippen molar-refractivity contribution in [3.8, 4) is 11.4 Å². The summed E-state index contributed by atoms with van der Waals surface area (Å²) in [7, 11) is 1.83. The number of anilines is 2. The Balaban J connectivity index is 0.00000161. The average molecular weight is 306 g/mol. The monoisotopic (exact) mass is 305 g/mol. The summed E-state index contributed by atoms with van der Waals surface area (Å²) in [5.74, 6) is 0.0348. The molecule has 2 aromatic carbocycles. The zero-order chi connectivity index (χ0) is 13.9. The minimum absolute atomic E-state index is 0. The van der Waals surface area contributed by atoms with Crippen molar-refractivity contribution in [2.75, 3.05) is 11.9 Å². The third-order valence-corrected chi connectivity index (χ3v) is 2.93. The van der Waals surface area contributed by atoms with Gasteiger partial charge in [-0.2, -0.15) is 4.98 Å². The highest BCUT2D eigenvalue weighted by molar-refractivity contribution is 5.85. The van der Waals surface area contributed by atoms with Crippen molar-refractivity contribution >= 4 is 24.1 Å². The number of halogens is 2. The fourth-order valence-electron chi connectivity index (χ4n) is 1.86. The van der Waals surface area contributed by atoms with Gasteiger partial charge in [-0.15, -0.1) is 12.4 Å². The Morgan fingerprint density at radius 3 is 2.52 bits per heavy atom. The summed E-state index contributed by atoms with van der Waals surface area (Å²) in [5, 5.41) is 3.88. The van der Waals surface area contributed by atoms with Crippen LogP contribution in [-0.2, 0) is 0 Å². The molecule has 0 fully saturated rings. The Kier molecular flexibility index (Phi) is 4.55. The molecule has 0 aliphatic rings. The number of para-hydroxylation sites is 1. The lowest BCUT2D eigenvalue weighted by Crippen LogP contribution is -2.09. The molecule has 0 unspecified atom stereocenters. The van der Waals surface area contributed by atoms with Crippen LogP contribution in [0.5, 0.6) is 0 Å². The van der Waals surface area contributed by atoms with Crippen LogP contribution >= 0.6 is 12.4 Å². The van der Waals surface area contributed by atoms with Crippen molar-refractivity contribution in [2.24, 2.45) is 0 Å². The molecule has 3 aromatic rings. The summed E-state index contributed by atoms with van der Waals surface area (Å²) < 4.78 is 18.4. The first kappa shape index (κ1) is 15.0. The molecule has 0 N–H and O–H groups in total. The molecule has 0 saturated heterocycles. The van der Waals surface area contributed by atoms with Crippen LogP contribution in [0.25, 0.3) is 11.4 Å². The third-order valence-electron chi connectivity index (χ3n) is 2.93. The van der Waals surface area contributed by atoms with Crippen LogP contribution in [-0.4, -0.2) is 17.2 Å². The molecule has 3 rings (SSSR count). The molecule has 0 amide bonds. The summed E-state index contributed by atoms with van der Waals surface area (Å²) >= 11 is 0. The van der Waals surface area contributed by atoms with E-state index in [1.807, 2.05) is 37.4 Å². The summed E-state index contributed by atoms with van der Waals surface area (Å²) in [4.78, 5) is 6.05. The van der Waals surface area contributed by atoms with E-state index in [4.69, 9.17) is 4.52 Å². The highest BCUT2D eigenvalue weighted by Gasteiger charge is 2.13. The molecule has 6 heteroatoms. The second-order valence-electron chi connectivity index (χ2n) is 4.31. The van der Waals surface area contributed by atoms with E-state index in [9.17, 15) is 4.39 Å². The van der Waals surface area contributed by atoms with Gasteiger partial charge in [0, 0.05) is 18.3 Å². The van der Waals surface area contributed by atoms with Gasteiger partial charge in [0.15, 0.2) is 0 Å². The molecule has 1 heterocycles. The van der Waals surface area contributed by atoms with Crippen LogP contribution in [0, 0.1) is 5.82 Å². The van der Waals surface area contributed by atoms with Gasteiger partial charge in [0.05, 0.1) is 0 Å². The van der Waals surface area contributed by atoms with Crippen molar-refractivity contribution in [1.82, 2.24) is 10.1 Å². The van der Waals surface area contributed by atoms with E-state index < -0.39 is 0 Å². The Labute approximate surface area is 127 Å². The Hall–Kier alpha value is -2.40. The molecule has 1 aromatic heterocycles. The number of benzene rings is 2. The van der Waals surface area contributed by atoms with Crippen LogP contribution < -0.4 is 4.90 Å². The Morgan fingerprint density at radius 2 is 1.81 bits per heavy atom. The molecular formula is C15H13ClFN3O. The van der Waals surface area contributed by atoms with Gasteiger partial charge >= 0.3 is 6.01 Å². The zero-order valence-corrected chi connectivity index (χ0v) is 12.0. The standard InChI is InChI=1S/C15H12FN3O.ClH/c1-19(13-8-3-2-4-9-13)15-17-14(18-20-15)11-6-5-7-12(16)10-11;/h2-10H,1H3;1H. The van der Waals surface area contributed by atoms with Crippen molar-refractivity contribution in [2.45, 2.75) is 0 Å². The minimum atomic E-state index is -0.328. The van der Waals surface area contributed by atoms with Crippen molar-refractivity contribution in [3.05, 3.63) is 60.4 Å². The highest BCUT2D eigenvalue weighted by Crippen LogP contribution is 2.24. The maximum atomic E-state index is 13.2. The summed E-state index contributed by atoms with van der Waals surface area (Å²) in [5.41, 5.74) is 1.52. The van der Waals surface area contributed by atoms with Gasteiger partial charge in [0.2, 0.25) is 5.82 Å². The zero-order valence-electron chi connectivity index (χ0n) is 11.2. The van der Waals surface area contributed by atoms with E-state index in [1.54, 1.807) is 17.0 Å². The maximum Gasteiger partial charge on any atom is 0.328 e. The molecule has 0 radical (unpaired) electrons. The normalized spacial score (nSPS) is 10.0. The first-order valence-corrected chi connectivity index (χ1v) is 6.12. The van der Waals surface area contributed by atoms with Crippen LogP contribution in [0.15, 0.2) is 59.1 Å². The number of hydrogen-bond donors (Lipinski definition) is 0. The Bertz CT molecular complexity index is 718. The first-order valence-electron chi connectivity index (χ1n) is 6.12. The second kappa shape index (κ2) is 6.37. The van der Waals surface area contributed by atoms with E-state index in [2.05, 4.69) is 10.1 Å².